The minimum Gasteiger partial charge on any atom is -0.356 e. The number of ketones is 1. The molecule has 0 aliphatic heterocycles. The Morgan fingerprint density at radius 1 is 1.11 bits per heavy atom. The van der Waals surface area contributed by atoms with Gasteiger partial charge < -0.3 is 5.32 Å². The van der Waals surface area contributed by atoms with Crippen LogP contribution in [0.4, 0.5) is 0 Å². The molecule has 1 rings (SSSR count). The van der Waals surface area contributed by atoms with Crippen LogP contribution in [-0.2, 0) is 4.79 Å². The second-order valence-electron chi connectivity index (χ2n) is 4.49. The van der Waals surface area contributed by atoms with Crippen molar-refractivity contribution in [2.24, 2.45) is 0 Å². The molecule has 0 saturated heterocycles. The Morgan fingerprint density at radius 3 is 2.39 bits per heavy atom. The Morgan fingerprint density at radius 2 is 1.78 bits per heavy atom. The van der Waals surface area contributed by atoms with E-state index in [9.17, 15) is 9.59 Å². The van der Waals surface area contributed by atoms with Crippen LogP contribution in [0.1, 0.15) is 48.5 Å². The Bertz CT molecular complexity index is 395. The lowest BCUT2D eigenvalue weighted by Gasteiger charge is -2.04. The molecule has 18 heavy (non-hydrogen) atoms. The molecule has 1 aromatic carbocycles. The number of Topliss-reactive ketones (excluding diaryl/α,β-unsaturated/α-hetero) is 1. The molecule has 0 atom stereocenters. The summed E-state index contributed by atoms with van der Waals surface area (Å²) in [5.41, 5.74) is 1.81. The van der Waals surface area contributed by atoms with E-state index in [0.717, 1.165) is 18.4 Å². The third-order valence-corrected chi connectivity index (χ3v) is 2.81. The zero-order valence-electron chi connectivity index (χ0n) is 11.2. The van der Waals surface area contributed by atoms with Crippen LogP contribution in [0.5, 0.6) is 0 Å². The van der Waals surface area contributed by atoms with Crippen molar-refractivity contribution in [2.45, 2.75) is 39.5 Å². The van der Waals surface area contributed by atoms with Gasteiger partial charge in [0.05, 0.1) is 0 Å². The summed E-state index contributed by atoms with van der Waals surface area (Å²) in [6.45, 7) is 4.76. The summed E-state index contributed by atoms with van der Waals surface area (Å²) in [5.74, 6) is -0.00967. The summed E-state index contributed by atoms with van der Waals surface area (Å²) in [6, 6.07) is 7.45. The van der Waals surface area contributed by atoms with E-state index in [-0.39, 0.29) is 24.5 Å². The maximum Gasteiger partial charge on any atom is 0.220 e. The summed E-state index contributed by atoms with van der Waals surface area (Å²) in [4.78, 5) is 23.3. The van der Waals surface area contributed by atoms with E-state index in [4.69, 9.17) is 0 Å². The first kappa shape index (κ1) is 14.4. The average molecular weight is 247 g/mol. The molecule has 0 aliphatic carbocycles. The molecule has 1 N–H and O–H groups in total. The number of carbonyl (C=O) groups excluding carboxylic acids is 2. The molecule has 0 fully saturated rings. The molecule has 0 unspecified atom stereocenters. The third-order valence-electron chi connectivity index (χ3n) is 2.81. The first-order chi connectivity index (χ1) is 8.63. The lowest BCUT2D eigenvalue weighted by Crippen LogP contribution is -2.24. The lowest BCUT2D eigenvalue weighted by atomic mass is 10.1. The highest BCUT2D eigenvalue weighted by molar-refractivity contribution is 5.97. The molecule has 0 radical (unpaired) electrons. The predicted octanol–water partition coefficient (Wildman–Crippen LogP) is 2.87. The van der Waals surface area contributed by atoms with E-state index < -0.39 is 0 Å². The molecule has 0 heterocycles. The second-order valence-corrected chi connectivity index (χ2v) is 4.49. The summed E-state index contributed by atoms with van der Waals surface area (Å²) in [7, 11) is 0. The number of hydrogen-bond acceptors (Lipinski definition) is 2. The summed E-state index contributed by atoms with van der Waals surface area (Å²) < 4.78 is 0. The molecule has 0 aromatic heterocycles. The quantitative estimate of drug-likeness (QED) is 0.595. The molecule has 3 nitrogen and oxygen atoms in total. The van der Waals surface area contributed by atoms with Crippen LogP contribution in [0.2, 0.25) is 0 Å². The summed E-state index contributed by atoms with van der Waals surface area (Å²) in [5, 5.41) is 2.81. The van der Waals surface area contributed by atoms with Gasteiger partial charge in [-0.15, -0.1) is 0 Å². The highest BCUT2D eigenvalue weighted by Gasteiger charge is 2.08. The standard InChI is InChI=1S/C15H21NO2/c1-3-4-11-16-15(18)10-9-14(17)13-7-5-12(2)6-8-13/h5-8H,3-4,9-11H2,1-2H3,(H,16,18). The van der Waals surface area contributed by atoms with Crippen LogP contribution >= 0.6 is 0 Å². The van der Waals surface area contributed by atoms with Gasteiger partial charge in [-0.05, 0) is 13.3 Å². The fraction of sp³-hybridized carbons (Fsp3) is 0.467. The number of aryl methyl sites for hydroxylation is 1. The van der Waals surface area contributed by atoms with Crippen LogP contribution in [-0.4, -0.2) is 18.2 Å². The third kappa shape index (κ3) is 5.13. The van der Waals surface area contributed by atoms with Crippen LogP contribution < -0.4 is 5.32 Å². The molecule has 0 aliphatic rings. The van der Waals surface area contributed by atoms with Gasteiger partial charge in [-0.25, -0.2) is 0 Å². The highest BCUT2D eigenvalue weighted by Crippen LogP contribution is 2.07. The first-order valence-electron chi connectivity index (χ1n) is 6.50. The van der Waals surface area contributed by atoms with E-state index in [1.165, 1.54) is 0 Å². The molecule has 1 aromatic rings. The van der Waals surface area contributed by atoms with Crippen LogP contribution in [0.15, 0.2) is 24.3 Å². The van der Waals surface area contributed by atoms with E-state index in [2.05, 4.69) is 12.2 Å². The minimum absolute atomic E-state index is 0.0284. The molecule has 0 spiro atoms. The highest BCUT2D eigenvalue weighted by atomic mass is 16.2. The maximum atomic E-state index is 11.8. The van der Waals surface area contributed by atoms with Gasteiger partial charge in [-0.2, -0.15) is 0 Å². The molecule has 0 bridgehead atoms. The van der Waals surface area contributed by atoms with Crippen molar-refractivity contribution in [1.82, 2.24) is 5.32 Å². The summed E-state index contributed by atoms with van der Waals surface area (Å²) >= 11 is 0. The normalized spacial score (nSPS) is 10.1. The van der Waals surface area contributed by atoms with Gasteiger partial charge in [0, 0.05) is 24.9 Å². The second kappa shape index (κ2) is 7.64. The number of carbonyl (C=O) groups is 2. The monoisotopic (exact) mass is 247 g/mol. The fourth-order valence-electron chi connectivity index (χ4n) is 1.60. The molecule has 1 amide bonds. The van der Waals surface area contributed by atoms with Crippen molar-refractivity contribution in [3.8, 4) is 0 Å². The van der Waals surface area contributed by atoms with E-state index in [0.29, 0.717) is 12.1 Å². The van der Waals surface area contributed by atoms with E-state index >= 15 is 0 Å². The van der Waals surface area contributed by atoms with Gasteiger partial charge in [-0.3, -0.25) is 9.59 Å². The number of benzene rings is 1. The molecular formula is C15H21NO2. The van der Waals surface area contributed by atoms with Crippen LogP contribution in [0.3, 0.4) is 0 Å². The van der Waals surface area contributed by atoms with Gasteiger partial charge in [0.2, 0.25) is 5.91 Å². The van der Waals surface area contributed by atoms with Gasteiger partial charge >= 0.3 is 0 Å². The lowest BCUT2D eigenvalue weighted by molar-refractivity contribution is -0.121. The van der Waals surface area contributed by atoms with Crippen molar-refractivity contribution in [3.63, 3.8) is 0 Å². The first-order valence-corrected chi connectivity index (χ1v) is 6.50. The van der Waals surface area contributed by atoms with E-state index in [1.54, 1.807) is 0 Å². The molecule has 98 valence electrons. The van der Waals surface area contributed by atoms with Gasteiger partial charge in [0.15, 0.2) is 5.78 Å². The Hall–Kier alpha value is -1.64. The number of nitrogens with one attached hydrogen (secondary N) is 1. The predicted molar refractivity (Wildman–Crippen MR) is 72.7 cm³/mol. The Balaban J connectivity index is 2.32. The van der Waals surface area contributed by atoms with Crippen LogP contribution in [0, 0.1) is 6.92 Å². The topological polar surface area (TPSA) is 46.2 Å². The number of hydrogen-bond donors (Lipinski definition) is 1. The molecule has 0 saturated carbocycles. The van der Waals surface area contributed by atoms with Crippen LogP contribution in [0.25, 0.3) is 0 Å². The SMILES string of the molecule is CCCCNC(=O)CCC(=O)c1ccc(C)cc1. The Labute approximate surface area is 109 Å². The van der Waals surface area contributed by atoms with Gasteiger partial charge in [-0.1, -0.05) is 43.2 Å². The van der Waals surface area contributed by atoms with Gasteiger partial charge in [0.25, 0.3) is 0 Å². The zero-order valence-corrected chi connectivity index (χ0v) is 11.2. The number of rotatable bonds is 7. The minimum atomic E-state index is -0.0380. The smallest absolute Gasteiger partial charge is 0.220 e. The average Bonchev–Trinajstić information content (AvgIpc) is 2.37. The Kier molecular flexibility index (Phi) is 6.12. The summed E-state index contributed by atoms with van der Waals surface area (Å²) in [6.07, 6.45) is 2.59. The van der Waals surface area contributed by atoms with Crippen molar-refractivity contribution >= 4 is 11.7 Å². The number of amides is 1. The largest absolute Gasteiger partial charge is 0.356 e. The van der Waals surface area contributed by atoms with Gasteiger partial charge in [0.1, 0.15) is 0 Å². The zero-order chi connectivity index (χ0) is 13.4. The van der Waals surface area contributed by atoms with Crippen molar-refractivity contribution in [2.75, 3.05) is 6.54 Å². The molecule has 3 heteroatoms. The molecular weight excluding hydrogens is 226 g/mol. The van der Waals surface area contributed by atoms with Crippen molar-refractivity contribution in [1.29, 1.82) is 0 Å². The van der Waals surface area contributed by atoms with Crippen molar-refractivity contribution in [3.05, 3.63) is 35.4 Å². The van der Waals surface area contributed by atoms with E-state index in [1.807, 2.05) is 31.2 Å². The maximum absolute atomic E-state index is 11.8. The van der Waals surface area contributed by atoms with Crippen molar-refractivity contribution < 1.29 is 9.59 Å². The fourth-order valence-corrected chi connectivity index (χ4v) is 1.60. The number of unbranched alkanes of at least 4 members (excludes halogenated alkanes) is 1.